The van der Waals surface area contributed by atoms with Gasteiger partial charge in [-0.05, 0) is 24.1 Å². The molecule has 0 amide bonds. The largest absolute Gasteiger partial charge is 0.417 e. The van der Waals surface area contributed by atoms with Crippen LogP contribution in [0, 0.1) is 0 Å². The summed E-state index contributed by atoms with van der Waals surface area (Å²) in [6.07, 6.45) is -3.74. The molecule has 0 aliphatic carbocycles. The zero-order chi connectivity index (χ0) is 24.6. The molecule has 0 radical (unpaired) electrons. The lowest BCUT2D eigenvalue weighted by atomic mass is 10.0. The first kappa shape index (κ1) is 23.1. The minimum Gasteiger partial charge on any atom is -0.325 e. The average Bonchev–Trinajstić information content (AvgIpc) is 3.21. The Morgan fingerprint density at radius 1 is 0.857 bits per heavy atom. The number of nitrogens with zero attached hydrogens (tertiary/aromatic N) is 3. The van der Waals surface area contributed by atoms with Crippen molar-refractivity contribution < 1.29 is 13.2 Å². The maximum atomic E-state index is 13.8. The number of rotatable bonds is 4. The van der Waals surface area contributed by atoms with Crippen LogP contribution >= 0.6 is 11.6 Å². The number of amidine groups is 1. The molecule has 4 aromatic rings. The Morgan fingerprint density at radius 2 is 1.51 bits per heavy atom. The third-order valence-electron chi connectivity index (χ3n) is 5.84. The van der Waals surface area contributed by atoms with Crippen LogP contribution < -0.4 is 5.32 Å². The molecule has 0 bridgehead atoms. The number of anilines is 1. The van der Waals surface area contributed by atoms with Gasteiger partial charge in [0.05, 0.1) is 17.3 Å². The first-order chi connectivity index (χ1) is 16.8. The van der Waals surface area contributed by atoms with Gasteiger partial charge in [-0.15, -0.1) is 0 Å². The first-order valence-corrected chi connectivity index (χ1v) is 11.5. The average molecular weight is 493 g/mol. The molecule has 176 valence electrons. The van der Waals surface area contributed by atoms with Crippen molar-refractivity contribution in [2.45, 2.75) is 25.6 Å². The van der Waals surface area contributed by atoms with Crippen LogP contribution in [0.25, 0.3) is 22.6 Å². The Kier molecular flexibility index (Phi) is 6.03. The highest BCUT2D eigenvalue weighted by molar-refractivity contribution is 6.33. The predicted octanol–water partition coefficient (Wildman–Crippen LogP) is 7.81. The molecule has 35 heavy (non-hydrogen) atoms. The second-order valence-corrected chi connectivity index (χ2v) is 8.51. The monoisotopic (exact) mass is 492 g/mol. The number of hydrogen-bond donors (Lipinski definition) is 1. The maximum Gasteiger partial charge on any atom is 0.417 e. The van der Waals surface area contributed by atoms with Crippen LogP contribution in [0.4, 0.5) is 19.0 Å². The lowest BCUT2D eigenvalue weighted by Gasteiger charge is -2.15. The van der Waals surface area contributed by atoms with Crippen LogP contribution in [-0.4, -0.2) is 15.8 Å². The van der Waals surface area contributed by atoms with E-state index in [1.807, 2.05) is 24.3 Å². The molecule has 4 nitrogen and oxygen atoms in total. The summed E-state index contributed by atoms with van der Waals surface area (Å²) in [5.41, 5.74) is 2.11. The van der Waals surface area contributed by atoms with Crippen LogP contribution in [0.15, 0.2) is 83.9 Å². The summed E-state index contributed by atoms with van der Waals surface area (Å²) in [6, 6.07) is 21.9. The standard InChI is InChI=1S/C27H20ClF3N4/c1-2-22-16-9-3-4-10-17(16)25(32-22)34-24-15-23(19-12-6-8-14-21(19)28)33-26(35-24)18-11-5-7-13-20(18)27(29,30)31/h3-15,22H,2H2,1H3,(H,32,33,34,35). The molecule has 5 rings (SSSR count). The van der Waals surface area contributed by atoms with Gasteiger partial charge in [0.15, 0.2) is 5.82 Å². The summed E-state index contributed by atoms with van der Waals surface area (Å²) >= 11 is 6.40. The van der Waals surface area contributed by atoms with E-state index in [0.29, 0.717) is 27.9 Å². The molecule has 1 atom stereocenters. The zero-order valence-corrected chi connectivity index (χ0v) is 19.4. The van der Waals surface area contributed by atoms with E-state index in [0.717, 1.165) is 23.6 Å². The van der Waals surface area contributed by atoms with Crippen molar-refractivity contribution in [3.63, 3.8) is 0 Å². The van der Waals surface area contributed by atoms with Crippen LogP contribution in [0.5, 0.6) is 0 Å². The molecule has 1 aliphatic rings. The smallest absolute Gasteiger partial charge is 0.325 e. The van der Waals surface area contributed by atoms with Gasteiger partial charge in [0.1, 0.15) is 11.7 Å². The summed E-state index contributed by atoms with van der Waals surface area (Å²) < 4.78 is 41.4. The van der Waals surface area contributed by atoms with Crippen LogP contribution in [0.2, 0.25) is 5.02 Å². The van der Waals surface area contributed by atoms with Crippen molar-refractivity contribution in [2.24, 2.45) is 4.99 Å². The number of fused-ring (bicyclic) bond motifs is 1. The summed E-state index contributed by atoms with van der Waals surface area (Å²) in [6.45, 7) is 2.06. The predicted molar refractivity (Wildman–Crippen MR) is 133 cm³/mol. The first-order valence-electron chi connectivity index (χ1n) is 11.1. The Bertz CT molecular complexity index is 1430. The number of hydrogen-bond acceptors (Lipinski definition) is 4. The highest BCUT2D eigenvalue weighted by atomic mass is 35.5. The lowest BCUT2D eigenvalue weighted by molar-refractivity contribution is -0.137. The summed E-state index contributed by atoms with van der Waals surface area (Å²) in [7, 11) is 0. The van der Waals surface area contributed by atoms with E-state index in [-0.39, 0.29) is 17.4 Å². The molecule has 0 fully saturated rings. The summed E-state index contributed by atoms with van der Waals surface area (Å²) in [5.74, 6) is 0.885. The van der Waals surface area contributed by atoms with Gasteiger partial charge in [-0.1, -0.05) is 79.2 Å². The van der Waals surface area contributed by atoms with Crippen molar-refractivity contribution in [1.29, 1.82) is 0 Å². The maximum absolute atomic E-state index is 13.8. The van der Waals surface area contributed by atoms with E-state index < -0.39 is 11.7 Å². The fraction of sp³-hybridized carbons (Fsp3) is 0.148. The Morgan fingerprint density at radius 3 is 2.23 bits per heavy atom. The normalized spacial score (nSPS) is 15.0. The molecule has 1 N–H and O–H groups in total. The zero-order valence-electron chi connectivity index (χ0n) is 18.6. The third kappa shape index (κ3) is 4.51. The molecule has 1 aromatic heterocycles. The Balaban J connectivity index is 1.66. The molecule has 2 heterocycles. The molecule has 0 saturated carbocycles. The van der Waals surface area contributed by atoms with Gasteiger partial charge in [0.25, 0.3) is 0 Å². The Hall–Kier alpha value is -3.71. The van der Waals surface area contributed by atoms with Gasteiger partial charge in [-0.2, -0.15) is 13.2 Å². The highest BCUT2D eigenvalue weighted by Crippen LogP contribution is 2.38. The molecule has 1 aliphatic heterocycles. The molecular formula is C27H20ClF3N4. The molecule has 3 aromatic carbocycles. The molecule has 8 heteroatoms. The van der Waals surface area contributed by atoms with Crippen molar-refractivity contribution in [2.75, 3.05) is 5.32 Å². The van der Waals surface area contributed by atoms with E-state index >= 15 is 0 Å². The summed E-state index contributed by atoms with van der Waals surface area (Å²) in [5, 5.41) is 3.67. The fourth-order valence-electron chi connectivity index (χ4n) is 4.19. The number of nitrogens with one attached hydrogen (secondary N) is 1. The van der Waals surface area contributed by atoms with Crippen molar-refractivity contribution in [3.05, 3.63) is 101 Å². The van der Waals surface area contributed by atoms with E-state index in [9.17, 15) is 13.2 Å². The number of aromatic nitrogens is 2. The van der Waals surface area contributed by atoms with Gasteiger partial charge in [0, 0.05) is 27.8 Å². The van der Waals surface area contributed by atoms with Crippen LogP contribution in [0.3, 0.4) is 0 Å². The minimum absolute atomic E-state index is 0.00370. The van der Waals surface area contributed by atoms with Gasteiger partial charge in [-0.3, -0.25) is 4.99 Å². The molecule has 0 spiro atoms. The second-order valence-electron chi connectivity index (χ2n) is 8.10. The third-order valence-corrected chi connectivity index (χ3v) is 6.17. The topological polar surface area (TPSA) is 50.2 Å². The molecule has 1 unspecified atom stereocenters. The van der Waals surface area contributed by atoms with E-state index in [1.165, 1.54) is 18.2 Å². The van der Waals surface area contributed by atoms with Gasteiger partial charge in [0.2, 0.25) is 0 Å². The quantitative estimate of drug-likeness (QED) is 0.316. The van der Waals surface area contributed by atoms with E-state index in [1.54, 1.807) is 30.3 Å². The van der Waals surface area contributed by atoms with Gasteiger partial charge >= 0.3 is 6.18 Å². The number of halogens is 4. The Labute approximate surface area is 205 Å². The van der Waals surface area contributed by atoms with Crippen molar-refractivity contribution >= 4 is 23.3 Å². The second kappa shape index (κ2) is 9.15. The van der Waals surface area contributed by atoms with Crippen molar-refractivity contribution in [3.8, 4) is 22.6 Å². The number of alkyl halides is 3. The van der Waals surface area contributed by atoms with Gasteiger partial charge < -0.3 is 5.32 Å². The molecular weight excluding hydrogens is 473 g/mol. The SMILES string of the molecule is CCC1N=C(Nc2cc(-c3ccccc3Cl)nc(-c3ccccc3C(F)(F)F)n2)c2ccccc21. The van der Waals surface area contributed by atoms with Crippen LogP contribution in [-0.2, 0) is 6.18 Å². The number of aliphatic imine (C=N–C) groups is 1. The summed E-state index contributed by atoms with van der Waals surface area (Å²) in [4.78, 5) is 13.7. The minimum atomic E-state index is -4.56. The van der Waals surface area contributed by atoms with E-state index in [4.69, 9.17) is 16.6 Å². The fourth-order valence-corrected chi connectivity index (χ4v) is 4.43. The number of benzene rings is 3. The van der Waals surface area contributed by atoms with Crippen molar-refractivity contribution in [1.82, 2.24) is 9.97 Å². The lowest BCUT2D eigenvalue weighted by Crippen LogP contribution is -2.14. The highest BCUT2D eigenvalue weighted by Gasteiger charge is 2.34. The molecule has 0 saturated heterocycles. The van der Waals surface area contributed by atoms with Crippen LogP contribution in [0.1, 0.15) is 36.1 Å². The van der Waals surface area contributed by atoms with Gasteiger partial charge in [-0.25, -0.2) is 9.97 Å². The van der Waals surface area contributed by atoms with E-state index in [2.05, 4.69) is 22.2 Å².